The highest BCUT2D eigenvalue weighted by Crippen LogP contribution is 2.25. The number of hydrogen-bond acceptors (Lipinski definition) is 4. The molecule has 7 heteroatoms. The number of anilines is 1. The van der Waals surface area contributed by atoms with Gasteiger partial charge in [0.15, 0.2) is 0 Å². The van der Waals surface area contributed by atoms with Crippen LogP contribution >= 0.6 is 11.3 Å². The summed E-state index contributed by atoms with van der Waals surface area (Å²) in [7, 11) is -3.53. The second kappa shape index (κ2) is 8.54. The fourth-order valence-corrected chi connectivity index (χ4v) is 5.91. The Balaban J connectivity index is 1.79. The van der Waals surface area contributed by atoms with Crippen molar-refractivity contribution in [2.45, 2.75) is 50.8 Å². The van der Waals surface area contributed by atoms with Gasteiger partial charge in [-0.15, -0.1) is 11.3 Å². The van der Waals surface area contributed by atoms with E-state index in [4.69, 9.17) is 0 Å². The molecule has 1 aromatic carbocycles. The van der Waals surface area contributed by atoms with E-state index in [0.717, 1.165) is 37.0 Å². The smallest absolute Gasteiger partial charge is 0.265 e. The van der Waals surface area contributed by atoms with Crippen LogP contribution in [0.15, 0.2) is 35.2 Å². The number of hydrogen-bond donors (Lipinski definition) is 1. The van der Waals surface area contributed by atoms with Crippen LogP contribution in [-0.4, -0.2) is 31.7 Å². The lowest BCUT2D eigenvalue weighted by molar-refractivity contribution is 0.103. The normalized spacial score (nSPS) is 16.1. The molecular formula is C20H26N2O3S2. The summed E-state index contributed by atoms with van der Waals surface area (Å²) in [5, 5.41) is 2.84. The second-order valence-electron chi connectivity index (χ2n) is 6.85. The number of rotatable bonds is 5. The van der Waals surface area contributed by atoms with Crippen LogP contribution in [0.25, 0.3) is 0 Å². The fraction of sp³-hybridized carbons (Fsp3) is 0.450. The monoisotopic (exact) mass is 406 g/mol. The minimum atomic E-state index is -3.53. The zero-order valence-corrected chi connectivity index (χ0v) is 17.5. The quantitative estimate of drug-likeness (QED) is 0.798. The van der Waals surface area contributed by atoms with Crippen molar-refractivity contribution in [3.8, 4) is 0 Å². The predicted molar refractivity (Wildman–Crippen MR) is 110 cm³/mol. The van der Waals surface area contributed by atoms with Crippen LogP contribution in [0.3, 0.4) is 0 Å². The minimum absolute atomic E-state index is 0.202. The molecule has 27 heavy (non-hydrogen) atoms. The van der Waals surface area contributed by atoms with E-state index < -0.39 is 10.0 Å². The van der Waals surface area contributed by atoms with Gasteiger partial charge in [0.2, 0.25) is 10.0 Å². The first-order valence-corrected chi connectivity index (χ1v) is 11.7. The van der Waals surface area contributed by atoms with E-state index in [-0.39, 0.29) is 10.8 Å². The molecule has 5 nitrogen and oxygen atoms in total. The zero-order valence-electron chi connectivity index (χ0n) is 15.8. The van der Waals surface area contributed by atoms with Gasteiger partial charge in [0.1, 0.15) is 0 Å². The molecule has 0 saturated carbocycles. The van der Waals surface area contributed by atoms with Crippen molar-refractivity contribution < 1.29 is 13.2 Å². The molecule has 0 spiro atoms. The maximum Gasteiger partial charge on any atom is 0.265 e. The molecule has 0 bridgehead atoms. The van der Waals surface area contributed by atoms with Crippen LogP contribution in [0.4, 0.5) is 5.69 Å². The molecule has 1 aliphatic heterocycles. The lowest BCUT2D eigenvalue weighted by Crippen LogP contribution is -2.32. The highest BCUT2D eigenvalue weighted by atomic mass is 32.2. The first-order chi connectivity index (χ1) is 12.9. The molecule has 146 valence electrons. The molecule has 1 aliphatic rings. The molecule has 0 radical (unpaired) electrons. The third-order valence-electron chi connectivity index (χ3n) is 4.92. The maximum absolute atomic E-state index is 13.0. The Labute approximate surface area is 165 Å². The summed E-state index contributed by atoms with van der Waals surface area (Å²) in [6.07, 6.45) is 4.82. The molecule has 0 unspecified atom stereocenters. The van der Waals surface area contributed by atoms with Crippen molar-refractivity contribution in [2.75, 3.05) is 18.4 Å². The number of benzene rings is 1. The Bertz CT molecular complexity index is 911. The molecule has 1 fully saturated rings. The summed E-state index contributed by atoms with van der Waals surface area (Å²) in [6, 6.07) is 8.46. The van der Waals surface area contributed by atoms with Crippen LogP contribution < -0.4 is 5.32 Å². The van der Waals surface area contributed by atoms with Gasteiger partial charge in [-0.25, -0.2) is 8.42 Å². The molecular weight excluding hydrogens is 380 g/mol. The van der Waals surface area contributed by atoms with E-state index >= 15 is 0 Å². The van der Waals surface area contributed by atoms with Crippen molar-refractivity contribution >= 4 is 33.0 Å². The number of carbonyl (C=O) groups is 1. The van der Waals surface area contributed by atoms with Crippen LogP contribution in [0.2, 0.25) is 0 Å². The highest BCUT2D eigenvalue weighted by Gasteiger charge is 2.25. The molecule has 2 heterocycles. The first kappa shape index (κ1) is 20.0. The number of carbonyl (C=O) groups excluding carboxylic acids is 1. The zero-order chi connectivity index (χ0) is 19.4. The lowest BCUT2D eigenvalue weighted by Gasteiger charge is -2.20. The van der Waals surface area contributed by atoms with Crippen LogP contribution in [-0.2, 0) is 16.4 Å². The van der Waals surface area contributed by atoms with E-state index in [1.807, 2.05) is 13.0 Å². The van der Waals surface area contributed by atoms with Gasteiger partial charge >= 0.3 is 0 Å². The number of nitrogens with zero attached hydrogens (tertiary/aromatic N) is 1. The molecule has 1 N–H and O–H groups in total. The van der Waals surface area contributed by atoms with Gasteiger partial charge in [-0.3, -0.25) is 4.79 Å². The van der Waals surface area contributed by atoms with Gasteiger partial charge in [-0.2, -0.15) is 4.31 Å². The van der Waals surface area contributed by atoms with Crippen LogP contribution in [0.5, 0.6) is 0 Å². The maximum atomic E-state index is 13.0. The Morgan fingerprint density at radius 2 is 1.85 bits per heavy atom. The van der Waals surface area contributed by atoms with Gasteiger partial charge in [-0.05, 0) is 56.0 Å². The molecule has 0 atom stereocenters. The van der Waals surface area contributed by atoms with Gasteiger partial charge in [-0.1, -0.05) is 25.8 Å². The van der Waals surface area contributed by atoms with E-state index in [1.54, 1.807) is 28.6 Å². The standard InChI is InChI=1S/C20H26N2O3S2/c1-3-16-13-19(26-15(16)2)20(23)21-17-9-8-10-18(14-17)27(24,25)22-11-6-4-5-7-12-22/h8-10,13-14H,3-7,11-12H2,1-2H3,(H,21,23). The molecule has 0 aliphatic carbocycles. The van der Waals surface area contributed by atoms with Gasteiger partial charge in [0.05, 0.1) is 9.77 Å². The Morgan fingerprint density at radius 3 is 2.48 bits per heavy atom. The van der Waals surface area contributed by atoms with Crippen molar-refractivity contribution in [2.24, 2.45) is 0 Å². The Hall–Kier alpha value is -1.70. The molecule has 1 aromatic heterocycles. The molecule has 1 amide bonds. The number of thiophene rings is 1. The lowest BCUT2D eigenvalue weighted by atomic mass is 10.2. The minimum Gasteiger partial charge on any atom is -0.321 e. The van der Waals surface area contributed by atoms with Gasteiger partial charge in [0, 0.05) is 23.7 Å². The van der Waals surface area contributed by atoms with Crippen LogP contribution in [0.1, 0.15) is 52.7 Å². The van der Waals surface area contributed by atoms with E-state index in [1.165, 1.54) is 16.9 Å². The van der Waals surface area contributed by atoms with Crippen molar-refractivity contribution in [1.29, 1.82) is 0 Å². The summed E-state index contributed by atoms with van der Waals surface area (Å²) < 4.78 is 27.5. The Morgan fingerprint density at radius 1 is 1.15 bits per heavy atom. The predicted octanol–water partition coefficient (Wildman–Crippen LogP) is 4.44. The molecule has 1 saturated heterocycles. The number of amides is 1. The van der Waals surface area contributed by atoms with Crippen LogP contribution in [0, 0.1) is 6.92 Å². The van der Waals surface area contributed by atoms with Crippen molar-refractivity contribution in [3.05, 3.63) is 45.6 Å². The first-order valence-electron chi connectivity index (χ1n) is 9.42. The SMILES string of the molecule is CCc1cc(C(=O)Nc2cccc(S(=O)(=O)N3CCCCCC3)c2)sc1C. The largest absolute Gasteiger partial charge is 0.321 e. The number of nitrogens with one attached hydrogen (secondary N) is 1. The third-order valence-corrected chi connectivity index (χ3v) is 7.91. The fourth-order valence-electron chi connectivity index (χ4n) is 3.34. The summed E-state index contributed by atoms with van der Waals surface area (Å²) >= 11 is 1.46. The second-order valence-corrected chi connectivity index (χ2v) is 10.0. The van der Waals surface area contributed by atoms with Crippen molar-refractivity contribution in [3.63, 3.8) is 0 Å². The van der Waals surface area contributed by atoms with E-state index in [9.17, 15) is 13.2 Å². The topological polar surface area (TPSA) is 66.5 Å². The van der Waals surface area contributed by atoms with E-state index in [2.05, 4.69) is 12.2 Å². The van der Waals surface area contributed by atoms with E-state index in [0.29, 0.717) is 23.7 Å². The van der Waals surface area contributed by atoms with Gasteiger partial charge < -0.3 is 5.32 Å². The summed E-state index contributed by atoms with van der Waals surface area (Å²) in [4.78, 5) is 14.6. The average Bonchev–Trinajstić information content (AvgIpc) is 2.85. The third kappa shape index (κ3) is 4.59. The van der Waals surface area contributed by atoms with Gasteiger partial charge in [0.25, 0.3) is 5.91 Å². The summed E-state index contributed by atoms with van der Waals surface area (Å²) in [6.45, 7) is 5.20. The average molecular weight is 407 g/mol. The molecule has 2 aromatic rings. The number of sulfonamides is 1. The summed E-state index contributed by atoms with van der Waals surface area (Å²) in [5.74, 6) is -0.202. The van der Waals surface area contributed by atoms with Crippen molar-refractivity contribution in [1.82, 2.24) is 4.31 Å². The highest BCUT2D eigenvalue weighted by molar-refractivity contribution is 7.89. The summed E-state index contributed by atoms with van der Waals surface area (Å²) in [5.41, 5.74) is 1.67. The molecule has 3 rings (SSSR count). The Kier molecular flexibility index (Phi) is 6.34. The number of aryl methyl sites for hydroxylation is 2.